The minimum atomic E-state index is -2.46. The van der Waals surface area contributed by atoms with Crippen molar-refractivity contribution in [3.63, 3.8) is 0 Å². The average molecular weight is 976 g/mol. The quantitative estimate of drug-likeness (QED) is 0.0839. The van der Waals surface area contributed by atoms with E-state index in [0.717, 1.165) is 0 Å². The summed E-state index contributed by atoms with van der Waals surface area (Å²) in [5, 5.41) is 4.97. The van der Waals surface area contributed by atoms with Gasteiger partial charge in [0.1, 0.15) is 0 Å². The summed E-state index contributed by atoms with van der Waals surface area (Å²) in [7, 11) is -1.65. The fraction of sp³-hybridized carbons (Fsp3) is 0.0333. The van der Waals surface area contributed by atoms with Gasteiger partial charge in [0.25, 0.3) is 0 Å². The van der Waals surface area contributed by atoms with E-state index in [-0.39, 0.29) is 44.8 Å². The SMILES string of the molecule is [Au].[Au].[CH2-]C.[CH2-]P([CH2-])(I)(c1ccccc1)c1ccccc1.[CH2-][P+]([CH2-])(c1ccccc1)c1ccccc1. The van der Waals surface area contributed by atoms with Gasteiger partial charge in [-0.1, -0.05) is 36.4 Å². The molecule has 0 bridgehead atoms. The molecule has 4 aromatic carbocycles. The minimum Gasteiger partial charge on any atom is -0.199 e. The van der Waals surface area contributed by atoms with E-state index < -0.39 is 11.5 Å². The van der Waals surface area contributed by atoms with Crippen molar-refractivity contribution in [2.45, 2.75) is 6.92 Å². The van der Waals surface area contributed by atoms with Crippen molar-refractivity contribution in [1.29, 1.82) is 0 Å². The molecule has 0 aliphatic rings. The molecule has 0 saturated heterocycles. The first-order valence-corrected chi connectivity index (χ1v) is 18.2. The van der Waals surface area contributed by atoms with Gasteiger partial charge in [-0.2, -0.15) is 27.5 Å². The molecule has 0 aromatic heterocycles. The minimum absolute atomic E-state index is 0. The molecule has 0 atom stereocenters. The molecule has 0 nitrogen and oxygen atoms in total. The summed E-state index contributed by atoms with van der Waals surface area (Å²) < 4.78 is -2.46. The molecule has 4 rings (SSSR count). The first kappa shape index (κ1) is 35.0. The van der Waals surface area contributed by atoms with E-state index in [9.17, 15) is 0 Å². The Morgan fingerprint density at radius 3 is 1.00 bits per heavy atom. The second kappa shape index (κ2) is 16.0. The molecule has 0 unspecified atom stereocenters. The molecule has 0 spiro atoms. The molecule has 196 valence electrons. The van der Waals surface area contributed by atoms with Crippen LogP contribution in [0.1, 0.15) is 6.92 Å². The predicted octanol–water partition coefficient (Wildman–Crippen LogP) is 8.20. The van der Waals surface area contributed by atoms with Gasteiger partial charge in [-0.05, 0) is 24.3 Å². The molecule has 0 saturated carbocycles. The van der Waals surface area contributed by atoms with Gasteiger partial charge in [0.05, 0.1) is 0 Å². The molecule has 5 heteroatoms. The van der Waals surface area contributed by atoms with Gasteiger partial charge < -0.3 is 6.92 Å². The van der Waals surface area contributed by atoms with Crippen molar-refractivity contribution in [3.8, 4) is 0 Å². The summed E-state index contributed by atoms with van der Waals surface area (Å²) in [5.41, 5.74) is 0. The maximum Gasteiger partial charge on any atom is 0.0408 e. The number of rotatable bonds is 4. The fourth-order valence-electron chi connectivity index (χ4n) is 3.26. The van der Waals surface area contributed by atoms with Crippen LogP contribution in [0.4, 0.5) is 0 Å². The van der Waals surface area contributed by atoms with E-state index in [2.05, 4.69) is 128 Å². The third-order valence-electron chi connectivity index (χ3n) is 5.20. The summed E-state index contributed by atoms with van der Waals surface area (Å²) in [6, 6.07) is 41.4. The van der Waals surface area contributed by atoms with Crippen LogP contribution in [0.5, 0.6) is 0 Å². The topological polar surface area (TPSA) is 0 Å². The normalized spacial score (nSPS) is 11.5. The van der Waals surface area contributed by atoms with Gasteiger partial charge >= 0.3 is 111 Å². The first-order chi connectivity index (χ1) is 15.7. The summed E-state index contributed by atoms with van der Waals surface area (Å²) in [6.45, 7) is 22.5. The van der Waals surface area contributed by atoms with E-state index in [1.165, 1.54) is 21.2 Å². The molecule has 0 amide bonds. The van der Waals surface area contributed by atoms with E-state index in [1.54, 1.807) is 6.92 Å². The van der Waals surface area contributed by atoms with Gasteiger partial charge in [-0.15, -0.1) is 0 Å². The number of halogens is 1. The fourth-order valence-corrected chi connectivity index (χ4v) is 8.99. The summed E-state index contributed by atoms with van der Waals surface area (Å²) in [4.78, 5) is 0. The Labute approximate surface area is 258 Å². The Balaban J connectivity index is 0.000000587. The van der Waals surface area contributed by atoms with Crippen LogP contribution in [0.2, 0.25) is 0 Å². The zero-order chi connectivity index (χ0) is 24.4. The molecule has 0 heterocycles. The Bertz CT molecular complexity index is 995. The van der Waals surface area contributed by atoms with Crippen LogP contribution in [-0.2, 0) is 44.8 Å². The summed E-state index contributed by atoms with van der Waals surface area (Å²) >= 11 is 2.45. The van der Waals surface area contributed by atoms with Crippen LogP contribution in [-0.4, -0.2) is 0 Å². The van der Waals surface area contributed by atoms with E-state index in [1.807, 2.05) is 48.5 Å². The van der Waals surface area contributed by atoms with Gasteiger partial charge in [-0.25, -0.2) is 0 Å². The van der Waals surface area contributed by atoms with E-state index >= 15 is 0 Å². The van der Waals surface area contributed by atoms with Crippen molar-refractivity contribution in [1.82, 2.24) is 0 Å². The van der Waals surface area contributed by atoms with Crippen LogP contribution >= 0.6 is 33.5 Å². The summed E-state index contributed by atoms with van der Waals surface area (Å²) in [5.74, 6) is 0. The second-order valence-corrected chi connectivity index (χ2v) is 21.4. The van der Waals surface area contributed by atoms with E-state index in [0.29, 0.717) is 0 Å². The van der Waals surface area contributed by atoms with Crippen molar-refractivity contribution >= 4 is 54.8 Å². The third-order valence-corrected chi connectivity index (χ3v) is 14.1. The Hall–Kier alpha value is -0.0495. The van der Waals surface area contributed by atoms with Crippen molar-refractivity contribution in [3.05, 3.63) is 155 Å². The molecular weight excluding hydrogens is 943 g/mol. The Morgan fingerprint density at radius 1 is 0.514 bits per heavy atom. The van der Waals surface area contributed by atoms with Gasteiger partial charge in [-0.3, -0.25) is 0 Å². The third kappa shape index (κ3) is 9.64. The van der Waals surface area contributed by atoms with Crippen LogP contribution in [0.3, 0.4) is 0 Å². The zero-order valence-electron chi connectivity index (χ0n) is 20.0. The van der Waals surface area contributed by atoms with Crippen LogP contribution in [0, 0.1) is 33.6 Å². The predicted molar refractivity (Wildman–Crippen MR) is 165 cm³/mol. The Kier molecular flexibility index (Phi) is 16.0. The molecule has 2 radical (unpaired) electrons. The largest absolute Gasteiger partial charge is 0.199 e. The smallest absolute Gasteiger partial charge is 0.0408 e. The molecular formula is C30H33Au2IP2-4. The van der Waals surface area contributed by atoms with Gasteiger partial charge in [0.2, 0.25) is 0 Å². The van der Waals surface area contributed by atoms with E-state index in [4.69, 9.17) is 0 Å². The van der Waals surface area contributed by atoms with Gasteiger partial charge in [0, 0.05) is 55.4 Å². The molecule has 0 aliphatic carbocycles. The number of benzene rings is 4. The molecule has 0 aliphatic heterocycles. The molecule has 4 aromatic rings. The van der Waals surface area contributed by atoms with Crippen LogP contribution in [0.25, 0.3) is 0 Å². The molecule has 35 heavy (non-hydrogen) atoms. The number of hydrogen-bond acceptors (Lipinski definition) is 0. The second-order valence-electron chi connectivity index (χ2n) is 7.69. The number of hydrogen-bond donors (Lipinski definition) is 0. The molecule has 0 N–H and O–H groups in total. The zero-order valence-corrected chi connectivity index (χ0v) is 28.2. The maximum atomic E-state index is 4.45. The van der Waals surface area contributed by atoms with Gasteiger partial charge in [0.15, 0.2) is 0 Å². The van der Waals surface area contributed by atoms with Crippen LogP contribution < -0.4 is 21.2 Å². The maximum absolute atomic E-state index is 4.45. The first-order valence-electron chi connectivity index (χ1n) is 10.7. The molecule has 0 fully saturated rings. The average Bonchev–Trinajstić information content (AvgIpc) is 2.88. The summed E-state index contributed by atoms with van der Waals surface area (Å²) in [6.07, 6.45) is 0. The standard InChI is InChI=1S/C14H14IP.C14H14P.C2H5.2Au/c1-16(2,15,13-9-5-3-6-10-13)14-11-7-4-8-12-14;1-15(2,13-9-5-3-6-10-13)14-11-7-4-8-12-14;1-2;;/h3-12H,1-2H2;3-12H,1-2H2;1H2,2H3;;/q-2;2*-1;;. The van der Waals surface area contributed by atoms with Crippen molar-refractivity contribution in [2.75, 3.05) is 0 Å². The Morgan fingerprint density at radius 2 is 0.743 bits per heavy atom. The van der Waals surface area contributed by atoms with Crippen molar-refractivity contribution < 1.29 is 44.8 Å². The monoisotopic (exact) mass is 976 g/mol. The van der Waals surface area contributed by atoms with Crippen molar-refractivity contribution in [2.24, 2.45) is 0 Å². The van der Waals surface area contributed by atoms with Crippen LogP contribution in [0.15, 0.2) is 121 Å².